The number of rotatable bonds is 4. The summed E-state index contributed by atoms with van der Waals surface area (Å²) in [5.74, 6) is 0.231. The number of fused-ring (bicyclic) bond motifs is 1. The van der Waals surface area contributed by atoms with Crippen LogP contribution in [0.1, 0.15) is 5.56 Å². The van der Waals surface area contributed by atoms with Gasteiger partial charge >= 0.3 is 5.69 Å². The first-order valence-electron chi connectivity index (χ1n) is 7.65. The van der Waals surface area contributed by atoms with E-state index in [-0.39, 0.29) is 22.1 Å². The standard InChI is InChI=1S/C16H18N4O5S/c1-18-12-13(19(2)16(22)20(3)14(12)21)17-15(18)26(23,24)9-10-6-5-7-11(8-10)25-4/h5-8H,9H2,1-4H3. The Morgan fingerprint density at radius 3 is 2.42 bits per heavy atom. The quantitative estimate of drug-likeness (QED) is 0.630. The summed E-state index contributed by atoms with van der Waals surface area (Å²) in [6.07, 6.45) is 0. The fraction of sp³-hybridized carbons (Fsp3) is 0.312. The van der Waals surface area contributed by atoms with Gasteiger partial charge in [0.25, 0.3) is 5.56 Å². The number of methoxy groups -OCH3 is 1. The third kappa shape index (κ3) is 2.71. The minimum atomic E-state index is -3.86. The molecule has 0 aliphatic heterocycles. The molecule has 0 atom stereocenters. The highest BCUT2D eigenvalue weighted by molar-refractivity contribution is 7.90. The van der Waals surface area contributed by atoms with Crippen molar-refractivity contribution in [3.63, 3.8) is 0 Å². The fourth-order valence-corrected chi connectivity index (χ4v) is 4.30. The van der Waals surface area contributed by atoms with Crippen molar-refractivity contribution in [2.45, 2.75) is 10.9 Å². The minimum absolute atomic E-state index is 0.0322. The Balaban J connectivity index is 2.20. The molecule has 2 aromatic heterocycles. The predicted octanol–water partition coefficient (Wildman–Crippen LogP) is -0.0468. The zero-order chi connectivity index (χ0) is 19.2. The van der Waals surface area contributed by atoms with Crippen LogP contribution in [-0.2, 0) is 36.7 Å². The molecule has 1 aromatic carbocycles. The molecule has 0 bridgehead atoms. The van der Waals surface area contributed by atoms with Gasteiger partial charge in [0.05, 0.1) is 12.9 Å². The average Bonchev–Trinajstić information content (AvgIpc) is 2.96. The van der Waals surface area contributed by atoms with Crippen LogP contribution in [0, 0.1) is 0 Å². The Labute approximate surface area is 149 Å². The maximum absolute atomic E-state index is 12.9. The number of benzene rings is 1. The van der Waals surface area contributed by atoms with Crippen LogP contribution < -0.4 is 16.0 Å². The number of ether oxygens (including phenoxy) is 1. The van der Waals surface area contributed by atoms with Crippen molar-refractivity contribution < 1.29 is 13.2 Å². The molecule has 0 radical (unpaired) electrons. The van der Waals surface area contributed by atoms with Gasteiger partial charge in [-0.25, -0.2) is 13.2 Å². The summed E-state index contributed by atoms with van der Waals surface area (Å²) in [5, 5.41) is -0.270. The number of imidazole rings is 1. The van der Waals surface area contributed by atoms with E-state index in [1.54, 1.807) is 24.3 Å². The van der Waals surface area contributed by atoms with Gasteiger partial charge < -0.3 is 9.30 Å². The van der Waals surface area contributed by atoms with Gasteiger partial charge in [-0.15, -0.1) is 0 Å². The first-order valence-corrected chi connectivity index (χ1v) is 9.30. The van der Waals surface area contributed by atoms with Crippen LogP contribution in [0.15, 0.2) is 39.0 Å². The van der Waals surface area contributed by atoms with E-state index < -0.39 is 21.1 Å². The van der Waals surface area contributed by atoms with Crippen LogP contribution in [0.3, 0.4) is 0 Å². The van der Waals surface area contributed by atoms with Crippen LogP contribution in [0.25, 0.3) is 11.2 Å². The van der Waals surface area contributed by atoms with Crippen LogP contribution in [-0.4, -0.2) is 34.2 Å². The molecule has 0 fully saturated rings. The summed E-state index contributed by atoms with van der Waals surface area (Å²) in [7, 11) is 1.86. The summed E-state index contributed by atoms with van der Waals surface area (Å²) >= 11 is 0. The first-order chi connectivity index (χ1) is 12.2. The summed E-state index contributed by atoms with van der Waals surface area (Å²) in [6.45, 7) is 0. The third-order valence-electron chi connectivity index (χ3n) is 4.20. The zero-order valence-electron chi connectivity index (χ0n) is 14.8. The summed E-state index contributed by atoms with van der Waals surface area (Å²) in [4.78, 5) is 28.5. The molecule has 0 amide bonds. The van der Waals surface area contributed by atoms with Gasteiger partial charge in [0.1, 0.15) is 5.75 Å². The van der Waals surface area contributed by atoms with E-state index in [0.717, 1.165) is 9.13 Å². The Morgan fingerprint density at radius 1 is 1.08 bits per heavy atom. The van der Waals surface area contributed by atoms with Crippen molar-refractivity contribution in [1.82, 2.24) is 18.7 Å². The van der Waals surface area contributed by atoms with Crippen molar-refractivity contribution >= 4 is 21.0 Å². The minimum Gasteiger partial charge on any atom is -0.497 e. The molecular formula is C16H18N4O5S. The van der Waals surface area contributed by atoms with Gasteiger partial charge in [0.2, 0.25) is 15.0 Å². The molecule has 0 saturated heterocycles. The highest BCUT2D eigenvalue weighted by Gasteiger charge is 2.26. The van der Waals surface area contributed by atoms with E-state index in [4.69, 9.17) is 4.74 Å². The maximum Gasteiger partial charge on any atom is 0.332 e. The van der Waals surface area contributed by atoms with E-state index >= 15 is 0 Å². The molecule has 9 nitrogen and oxygen atoms in total. The van der Waals surface area contributed by atoms with Gasteiger partial charge in [-0.1, -0.05) is 12.1 Å². The molecule has 138 valence electrons. The molecule has 0 saturated carbocycles. The highest BCUT2D eigenvalue weighted by Crippen LogP contribution is 2.21. The zero-order valence-corrected chi connectivity index (χ0v) is 15.6. The van der Waals surface area contributed by atoms with E-state index in [9.17, 15) is 18.0 Å². The van der Waals surface area contributed by atoms with E-state index in [2.05, 4.69) is 4.98 Å². The lowest BCUT2D eigenvalue weighted by Crippen LogP contribution is -2.37. The second-order valence-electron chi connectivity index (χ2n) is 5.94. The van der Waals surface area contributed by atoms with E-state index in [1.165, 1.54) is 32.8 Å². The molecular weight excluding hydrogens is 360 g/mol. The molecule has 3 aromatic rings. The first kappa shape index (κ1) is 17.9. The van der Waals surface area contributed by atoms with Gasteiger partial charge in [-0.05, 0) is 17.7 Å². The van der Waals surface area contributed by atoms with Crippen molar-refractivity contribution in [1.29, 1.82) is 0 Å². The topological polar surface area (TPSA) is 105 Å². The SMILES string of the molecule is COc1cccc(CS(=O)(=O)c2nc3c(c(=O)n(C)c(=O)n3C)n2C)c1. The van der Waals surface area contributed by atoms with Crippen molar-refractivity contribution in [3.05, 3.63) is 50.7 Å². The molecule has 0 spiro atoms. The number of aromatic nitrogens is 4. The van der Waals surface area contributed by atoms with E-state index in [1.807, 2.05) is 0 Å². The lowest BCUT2D eigenvalue weighted by Gasteiger charge is -2.06. The molecule has 0 N–H and O–H groups in total. The lowest BCUT2D eigenvalue weighted by atomic mass is 10.2. The smallest absolute Gasteiger partial charge is 0.332 e. The highest BCUT2D eigenvalue weighted by atomic mass is 32.2. The van der Waals surface area contributed by atoms with Gasteiger partial charge in [-0.2, -0.15) is 4.98 Å². The monoisotopic (exact) mass is 378 g/mol. The number of sulfone groups is 1. The van der Waals surface area contributed by atoms with Crippen LogP contribution in [0.4, 0.5) is 0 Å². The number of hydrogen-bond acceptors (Lipinski definition) is 6. The second-order valence-corrected chi connectivity index (χ2v) is 7.83. The molecule has 26 heavy (non-hydrogen) atoms. The largest absolute Gasteiger partial charge is 0.497 e. The van der Waals surface area contributed by atoms with Crippen LogP contribution >= 0.6 is 0 Å². The second kappa shape index (κ2) is 6.13. The summed E-state index contributed by atoms with van der Waals surface area (Å²) < 4.78 is 34.1. The van der Waals surface area contributed by atoms with Crippen LogP contribution in [0.5, 0.6) is 5.75 Å². The predicted molar refractivity (Wildman–Crippen MR) is 95.1 cm³/mol. The lowest BCUT2D eigenvalue weighted by molar-refractivity contribution is 0.414. The molecule has 0 aliphatic carbocycles. The number of aryl methyl sites for hydroxylation is 2. The number of hydrogen-bond donors (Lipinski definition) is 0. The Hall–Kier alpha value is -2.88. The molecule has 10 heteroatoms. The van der Waals surface area contributed by atoms with Crippen LogP contribution in [0.2, 0.25) is 0 Å². The van der Waals surface area contributed by atoms with Crippen molar-refractivity contribution in [3.8, 4) is 5.75 Å². The molecule has 0 aliphatic rings. The summed E-state index contributed by atoms with van der Waals surface area (Å²) in [6, 6.07) is 6.69. The summed E-state index contributed by atoms with van der Waals surface area (Å²) in [5.41, 5.74) is -0.555. The number of nitrogens with zero attached hydrogens (tertiary/aromatic N) is 4. The normalized spacial score (nSPS) is 11.8. The van der Waals surface area contributed by atoms with Crippen molar-refractivity contribution in [2.24, 2.45) is 21.1 Å². The Kier molecular flexibility index (Phi) is 4.23. The Bertz CT molecular complexity index is 1230. The Morgan fingerprint density at radius 2 is 1.77 bits per heavy atom. The molecule has 0 unspecified atom stereocenters. The average molecular weight is 378 g/mol. The van der Waals surface area contributed by atoms with Gasteiger partial charge in [0.15, 0.2) is 11.2 Å². The molecule has 3 rings (SSSR count). The molecule has 2 heterocycles. The van der Waals surface area contributed by atoms with E-state index in [0.29, 0.717) is 11.3 Å². The maximum atomic E-state index is 12.9. The van der Waals surface area contributed by atoms with Gasteiger partial charge in [0, 0.05) is 21.1 Å². The van der Waals surface area contributed by atoms with Gasteiger partial charge in [-0.3, -0.25) is 13.9 Å². The van der Waals surface area contributed by atoms with Crippen molar-refractivity contribution in [2.75, 3.05) is 7.11 Å². The third-order valence-corrected chi connectivity index (χ3v) is 5.84. The fourth-order valence-electron chi connectivity index (χ4n) is 2.82.